The molecule has 0 bridgehead atoms. The second kappa shape index (κ2) is 11.8. The Kier molecular flexibility index (Phi) is 8.41. The third-order valence-corrected chi connectivity index (χ3v) is 6.80. The van der Waals surface area contributed by atoms with E-state index in [1.165, 1.54) is 45.5 Å². The van der Waals surface area contributed by atoms with Gasteiger partial charge in [0.2, 0.25) is 17.6 Å². The first-order valence-electron chi connectivity index (χ1n) is 12.4. The zero-order chi connectivity index (χ0) is 29.0. The number of nitrogens with one attached hydrogen (secondary N) is 1. The second-order valence-corrected chi connectivity index (χ2v) is 9.07. The van der Waals surface area contributed by atoms with E-state index in [2.05, 4.69) is 5.32 Å². The van der Waals surface area contributed by atoms with Crippen LogP contribution < -0.4 is 29.2 Å². The predicted molar refractivity (Wildman–Crippen MR) is 142 cm³/mol. The molecule has 1 fully saturated rings. The van der Waals surface area contributed by atoms with Crippen LogP contribution >= 0.6 is 0 Å². The molecule has 40 heavy (non-hydrogen) atoms. The maximum absolute atomic E-state index is 13.6. The fourth-order valence-electron chi connectivity index (χ4n) is 4.84. The van der Waals surface area contributed by atoms with Gasteiger partial charge in [-0.15, -0.1) is 0 Å². The van der Waals surface area contributed by atoms with Crippen LogP contribution in [-0.2, 0) is 15.8 Å². The molecule has 0 aromatic heterocycles. The molecule has 11 heteroatoms. The van der Waals surface area contributed by atoms with E-state index in [1.807, 2.05) is 0 Å². The summed E-state index contributed by atoms with van der Waals surface area (Å²) in [5.74, 6) is 0.183. The molecule has 4 rings (SSSR count). The number of anilines is 2. The molecular weight excluding hydrogens is 529 g/mol. The summed E-state index contributed by atoms with van der Waals surface area (Å²) in [7, 11) is 5.91. The largest absolute Gasteiger partial charge is 0.497 e. The zero-order valence-electron chi connectivity index (χ0n) is 22.4. The van der Waals surface area contributed by atoms with Gasteiger partial charge in [0, 0.05) is 24.2 Å². The normalized spacial score (nSPS) is 17.3. The molecule has 1 aliphatic heterocycles. The van der Waals surface area contributed by atoms with Crippen molar-refractivity contribution >= 4 is 23.2 Å². The highest BCUT2D eigenvalue weighted by atomic mass is 19.4. The highest BCUT2D eigenvalue weighted by Gasteiger charge is 2.42. The van der Waals surface area contributed by atoms with Gasteiger partial charge in [0.1, 0.15) is 5.75 Å². The van der Waals surface area contributed by atoms with Gasteiger partial charge in [0.15, 0.2) is 11.5 Å². The minimum absolute atomic E-state index is 0.0639. The Morgan fingerprint density at radius 2 is 1.48 bits per heavy atom. The molecule has 0 spiro atoms. The first kappa shape index (κ1) is 28.6. The number of benzene rings is 3. The van der Waals surface area contributed by atoms with Crippen LogP contribution in [0.3, 0.4) is 0 Å². The fraction of sp³-hybridized carbons (Fsp3) is 0.310. The first-order valence-corrected chi connectivity index (χ1v) is 12.4. The van der Waals surface area contributed by atoms with Crippen LogP contribution in [0.25, 0.3) is 0 Å². The van der Waals surface area contributed by atoms with Crippen molar-refractivity contribution in [2.45, 2.75) is 25.1 Å². The van der Waals surface area contributed by atoms with Gasteiger partial charge in [-0.2, -0.15) is 13.2 Å². The van der Waals surface area contributed by atoms with Gasteiger partial charge in [0.05, 0.1) is 51.6 Å². The molecule has 3 aromatic carbocycles. The van der Waals surface area contributed by atoms with E-state index in [0.717, 1.165) is 12.1 Å². The molecule has 1 N–H and O–H groups in total. The third kappa shape index (κ3) is 5.78. The number of nitrogens with zero attached hydrogens (tertiary/aromatic N) is 1. The smallest absolute Gasteiger partial charge is 0.416 e. The Hall–Kier alpha value is -4.41. The van der Waals surface area contributed by atoms with Crippen molar-refractivity contribution in [3.63, 3.8) is 0 Å². The Bertz CT molecular complexity index is 1330. The molecule has 1 aliphatic rings. The summed E-state index contributed by atoms with van der Waals surface area (Å²) in [6.07, 6.45) is -4.20. The number of halogens is 3. The van der Waals surface area contributed by atoms with Crippen LogP contribution in [-0.4, -0.2) is 40.3 Å². The average Bonchev–Trinajstić information content (AvgIpc) is 2.95. The molecule has 2 unspecified atom stereocenters. The number of amides is 2. The Labute approximate surface area is 229 Å². The van der Waals surface area contributed by atoms with Gasteiger partial charge in [0.25, 0.3) is 0 Å². The van der Waals surface area contributed by atoms with Crippen molar-refractivity contribution in [2.24, 2.45) is 5.92 Å². The molecule has 0 saturated carbocycles. The van der Waals surface area contributed by atoms with E-state index in [4.69, 9.17) is 18.9 Å². The van der Waals surface area contributed by atoms with Crippen molar-refractivity contribution in [3.8, 4) is 23.0 Å². The van der Waals surface area contributed by atoms with Gasteiger partial charge in [-0.05, 0) is 48.4 Å². The van der Waals surface area contributed by atoms with Crippen LogP contribution in [0.2, 0.25) is 0 Å². The number of carbonyl (C=O) groups excluding carboxylic acids is 2. The van der Waals surface area contributed by atoms with E-state index in [0.29, 0.717) is 34.2 Å². The first-order chi connectivity index (χ1) is 19.1. The van der Waals surface area contributed by atoms with E-state index >= 15 is 0 Å². The van der Waals surface area contributed by atoms with Gasteiger partial charge in [-0.25, -0.2) is 0 Å². The summed E-state index contributed by atoms with van der Waals surface area (Å²) in [6, 6.07) is 13.7. The van der Waals surface area contributed by atoms with Crippen LogP contribution in [0.15, 0.2) is 60.7 Å². The van der Waals surface area contributed by atoms with Crippen molar-refractivity contribution in [1.82, 2.24) is 0 Å². The lowest BCUT2D eigenvalue weighted by molar-refractivity contribution is -0.137. The maximum Gasteiger partial charge on any atom is 0.416 e. The molecule has 0 aliphatic carbocycles. The van der Waals surface area contributed by atoms with Gasteiger partial charge in [-0.1, -0.05) is 12.1 Å². The van der Waals surface area contributed by atoms with Crippen LogP contribution in [0.4, 0.5) is 24.5 Å². The average molecular weight is 559 g/mol. The lowest BCUT2D eigenvalue weighted by Crippen LogP contribution is -2.47. The molecule has 1 heterocycles. The van der Waals surface area contributed by atoms with E-state index in [-0.39, 0.29) is 24.4 Å². The fourth-order valence-corrected chi connectivity index (χ4v) is 4.84. The summed E-state index contributed by atoms with van der Waals surface area (Å²) < 4.78 is 60.7. The molecule has 1 saturated heterocycles. The molecule has 8 nitrogen and oxygen atoms in total. The van der Waals surface area contributed by atoms with Gasteiger partial charge >= 0.3 is 6.18 Å². The van der Waals surface area contributed by atoms with Crippen LogP contribution in [0.5, 0.6) is 23.0 Å². The Morgan fingerprint density at radius 1 is 0.875 bits per heavy atom. The van der Waals surface area contributed by atoms with E-state index in [9.17, 15) is 22.8 Å². The zero-order valence-corrected chi connectivity index (χ0v) is 22.4. The topological polar surface area (TPSA) is 86.3 Å². The predicted octanol–water partition coefficient (Wildman–Crippen LogP) is 5.86. The Balaban J connectivity index is 1.77. The summed E-state index contributed by atoms with van der Waals surface area (Å²) in [5, 5.41) is 2.72. The quantitative estimate of drug-likeness (QED) is 0.373. The summed E-state index contributed by atoms with van der Waals surface area (Å²) in [6.45, 7) is 0. The maximum atomic E-state index is 13.6. The highest BCUT2D eigenvalue weighted by molar-refractivity contribution is 6.00. The third-order valence-electron chi connectivity index (χ3n) is 6.80. The molecule has 212 valence electrons. The van der Waals surface area contributed by atoms with Crippen molar-refractivity contribution in [1.29, 1.82) is 0 Å². The van der Waals surface area contributed by atoms with Crippen molar-refractivity contribution < 1.29 is 41.7 Å². The van der Waals surface area contributed by atoms with Crippen molar-refractivity contribution in [3.05, 3.63) is 71.8 Å². The lowest BCUT2D eigenvalue weighted by Gasteiger charge is -2.41. The number of hydrogen-bond acceptors (Lipinski definition) is 6. The van der Waals surface area contributed by atoms with Crippen molar-refractivity contribution in [2.75, 3.05) is 38.7 Å². The number of carbonyl (C=O) groups is 2. The second-order valence-electron chi connectivity index (χ2n) is 9.07. The summed E-state index contributed by atoms with van der Waals surface area (Å²) >= 11 is 0. The monoisotopic (exact) mass is 558 g/mol. The van der Waals surface area contributed by atoms with Gasteiger partial charge in [-0.3, -0.25) is 9.59 Å². The molecular formula is C29H29F3N2O6. The van der Waals surface area contributed by atoms with E-state index in [1.54, 1.807) is 36.4 Å². The highest BCUT2D eigenvalue weighted by Crippen LogP contribution is 2.46. The van der Waals surface area contributed by atoms with Gasteiger partial charge < -0.3 is 29.2 Å². The Morgan fingerprint density at radius 3 is 1.98 bits per heavy atom. The SMILES string of the molecule is COc1ccc(C2C(C(=O)Nc3ccc(C(F)(F)F)cc3)CCC(=O)N2c2cc(OC)c(OC)c(OC)c2)cc1. The number of rotatable bonds is 8. The summed E-state index contributed by atoms with van der Waals surface area (Å²) in [5.41, 5.74) is 0.476. The molecule has 3 aromatic rings. The number of piperidine rings is 1. The summed E-state index contributed by atoms with van der Waals surface area (Å²) in [4.78, 5) is 28.6. The molecule has 2 amide bonds. The minimum atomic E-state index is -4.49. The number of methoxy groups -OCH3 is 4. The molecule has 0 radical (unpaired) electrons. The van der Waals surface area contributed by atoms with E-state index < -0.39 is 29.6 Å². The molecule has 2 atom stereocenters. The number of alkyl halides is 3. The number of ether oxygens (including phenoxy) is 4. The minimum Gasteiger partial charge on any atom is -0.497 e. The lowest BCUT2D eigenvalue weighted by atomic mass is 9.83. The standard InChI is InChI=1S/C29H29F3N2O6/c1-37-21-11-5-17(6-12-21)26-22(28(36)33-19-9-7-18(8-10-19)29(30,31)32)13-14-25(35)34(26)20-15-23(38-2)27(40-4)24(16-20)39-3/h5-12,15-16,22,26H,13-14H2,1-4H3,(H,33,36). The number of hydrogen-bond donors (Lipinski definition) is 1. The van der Waals surface area contributed by atoms with Crippen LogP contribution in [0.1, 0.15) is 30.0 Å². The van der Waals surface area contributed by atoms with Crippen LogP contribution in [0, 0.1) is 5.92 Å².